The van der Waals surface area contributed by atoms with E-state index in [2.05, 4.69) is 20.5 Å². The molecule has 1 amide bonds. The Morgan fingerprint density at radius 2 is 2.37 bits per heavy atom. The van der Waals surface area contributed by atoms with E-state index in [-0.39, 0.29) is 5.91 Å². The third-order valence-corrected chi connectivity index (χ3v) is 3.54. The molecule has 0 radical (unpaired) electrons. The van der Waals surface area contributed by atoms with Gasteiger partial charge in [0.05, 0.1) is 12.1 Å². The first kappa shape index (κ1) is 13.9. The molecule has 1 aromatic heterocycles. The van der Waals surface area contributed by atoms with Crippen molar-refractivity contribution in [3.8, 4) is 0 Å². The van der Waals surface area contributed by atoms with Gasteiger partial charge in [-0.2, -0.15) is 5.10 Å². The van der Waals surface area contributed by atoms with Gasteiger partial charge in [0, 0.05) is 9.92 Å². The molecule has 0 aliphatic carbocycles. The van der Waals surface area contributed by atoms with Crippen LogP contribution in [-0.4, -0.2) is 26.8 Å². The number of hydrogen-bond acceptors (Lipinski definition) is 4. The van der Waals surface area contributed by atoms with Crippen molar-refractivity contribution in [1.82, 2.24) is 20.5 Å². The fourth-order valence-corrected chi connectivity index (χ4v) is 2.61. The molecule has 5 nitrogen and oxygen atoms in total. The van der Waals surface area contributed by atoms with Crippen LogP contribution in [0.4, 0.5) is 0 Å². The summed E-state index contributed by atoms with van der Waals surface area (Å²) in [7, 11) is 0. The highest BCUT2D eigenvalue weighted by Gasteiger charge is 2.12. The van der Waals surface area contributed by atoms with Gasteiger partial charge in [-0.3, -0.25) is 9.89 Å². The first-order chi connectivity index (χ1) is 9.20. The quantitative estimate of drug-likeness (QED) is 0.832. The van der Waals surface area contributed by atoms with Gasteiger partial charge in [-0.15, -0.1) is 11.8 Å². The van der Waals surface area contributed by atoms with Crippen molar-refractivity contribution in [2.24, 2.45) is 0 Å². The van der Waals surface area contributed by atoms with E-state index in [1.807, 2.05) is 6.92 Å². The Balaban J connectivity index is 2.09. The number of thioether (sulfide) groups is 1. The van der Waals surface area contributed by atoms with Gasteiger partial charge in [0.25, 0.3) is 5.91 Å². The Hall–Kier alpha value is -1.53. The smallest absolute Gasteiger partial charge is 0.252 e. The Kier molecular flexibility index (Phi) is 4.81. The third kappa shape index (κ3) is 3.71. The molecule has 0 spiro atoms. The monoisotopic (exact) mass is 296 g/mol. The van der Waals surface area contributed by atoms with E-state index in [1.54, 1.807) is 30.0 Å². The molecule has 0 bridgehead atoms. The predicted octanol–water partition coefficient (Wildman–Crippen LogP) is 2.50. The highest BCUT2D eigenvalue weighted by Crippen LogP contribution is 2.26. The highest BCUT2D eigenvalue weighted by molar-refractivity contribution is 7.99. The Morgan fingerprint density at radius 1 is 1.53 bits per heavy atom. The van der Waals surface area contributed by atoms with Gasteiger partial charge < -0.3 is 5.32 Å². The van der Waals surface area contributed by atoms with Crippen molar-refractivity contribution in [2.75, 3.05) is 5.75 Å². The number of nitrogens with zero attached hydrogens (tertiary/aromatic N) is 2. The van der Waals surface area contributed by atoms with Crippen molar-refractivity contribution in [2.45, 2.75) is 18.4 Å². The van der Waals surface area contributed by atoms with Crippen molar-refractivity contribution in [1.29, 1.82) is 0 Å². The van der Waals surface area contributed by atoms with Gasteiger partial charge in [0.15, 0.2) is 0 Å². The highest BCUT2D eigenvalue weighted by atomic mass is 35.5. The zero-order valence-electron chi connectivity index (χ0n) is 10.3. The molecule has 7 heteroatoms. The summed E-state index contributed by atoms with van der Waals surface area (Å²) in [5.41, 5.74) is 0.621. The minimum atomic E-state index is -0.149. The standard InChI is InChI=1S/C12H13ClN4OS/c1-2-19-10-5-8(13)3-4-9(10)12(18)14-6-11-15-7-16-17-11/h3-5,7H,2,6H2,1H3,(H,14,18)(H,15,16,17). The van der Waals surface area contributed by atoms with Crippen LogP contribution in [0.3, 0.4) is 0 Å². The van der Waals surface area contributed by atoms with Crippen LogP contribution in [0.1, 0.15) is 23.1 Å². The van der Waals surface area contributed by atoms with E-state index < -0.39 is 0 Å². The molecular weight excluding hydrogens is 284 g/mol. The van der Waals surface area contributed by atoms with Crippen LogP contribution in [0.2, 0.25) is 5.02 Å². The normalized spacial score (nSPS) is 10.4. The predicted molar refractivity (Wildman–Crippen MR) is 75.4 cm³/mol. The molecule has 1 heterocycles. The van der Waals surface area contributed by atoms with Crippen LogP contribution in [0.15, 0.2) is 29.4 Å². The van der Waals surface area contributed by atoms with E-state index in [1.165, 1.54) is 6.33 Å². The number of halogens is 1. The Bertz CT molecular complexity index is 559. The summed E-state index contributed by atoms with van der Waals surface area (Å²) >= 11 is 7.53. The van der Waals surface area contributed by atoms with Gasteiger partial charge in [0.1, 0.15) is 12.2 Å². The van der Waals surface area contributed by atoms with Gasteiger partial charge in [-0.25, -0.2) is 4.98 Å². The Labute approximate surface area is 120 Å². The number of benzene rings is 1. The summed E-state index contributed by atoms with van der Waals surface area (Å²) in [6, 6.07) is 5.25. The first-order valence-electron chi connectivity index (χ1n) is 5.75. The number of amides is 1. The summed E-state index contributed by atoms with van der Waals surface area (Å²) in [5.74, 6) is 1.35. The van der Waals surface area contributed by atoms with Crippen LogP contribution in [0, 0.1) is 0 Å². The van der Waals surface area contributed by atoms with Gasteiger partial charge in [-0.05, 0) is 24.0 Å². The fourth-order valence-electron chi connectivity index (χ4n) is 1.53. The number of aromatic amines is 1. The van der Waals surface area contributed by atoms with E-state index in [4.69, 9.17) is 11.6 Å². The third-order valence-electron chi connectivity index (χ3n) is 2.37. The molecule has 0 atom stereocenters. The summed E-state index contributed by atoms with van der Waals surface area (Å²) in [6.45, 7) is 2.35. The summed E-state index contributed by atoms with van der Waals surface area (Å²) in [6.07, 6.45) is 1.40. The van der Waals surface area contributed by atoms with Crippen molar-refractivity contribution in [3.05, 3.63) is 40.9 Å². The molecular formula is C12H13ClN4OS. The summed E-state index contributed by atoms with van der Waals surface area (Å²) in [4.78, 5) is 16.9. The average molecular weight is 297 g/mol. The summed E-state index contributed by atoms with van der Waals surface area (Å²) < 4.78 is 0. The number of aromatic nitrogens is 3. The molecule has 19 heavy (non-hydrogen) atoms. The molecule has 100 valence electrons. The molecule has 0 fully saturated rings. The van der Waals surface area contributed by atoms with Gasteiger partial charge in [0.2, 0.25) is 0 Å². The van der Waals surface area contributed by atoms with Crippen molar-refractivity contribution in [3.63, 3.8) is 0 Å². The maximum Gasteiger partial charge on any atom is 0.252 e. The van der Waals surface area contributed by atoms with E-state index in [0.29, 0.717) is 23.0 Å². The van der Waals surface area contributed by atoms with Gasteiger partial charge >= 0.3 is 0 Å². The molecule has 2 rings (SSSR count). The zero-order valence-corrected chi connectivity index (χ0v) is 11.9. The van der Waals surface area contributed by atoms with Crippen LogP contribution < -0.4 is 5.32 Å². The van der Waals surface area contributed by atoms with Crippen LogP contribution in [-0.2, 0) is 6.54 Å². The minimum Gasteiger partial charge on any atom is -0.345 e. The number of rotatable bonds is 5. The van der Waals surface area contributed by atoms with Crippen LogP contribution in [0.5, 0.6) is 0 Å². The first-order valence-corrected chi connectivity index (χ1v) is 7.12. The van der Waals surface area contributed by atoms with E-state index in [0.717, 1.165) is 10.6 Å². The lowest BCUT2D eigenvalue weighted by molar-refractivity contribution is 0.0947. The lowest BCUT2D eigenvalue weighted by Gasteiger charge is -2.09. The molecule has 0 aliphatic heterocycles. The van der Waals surface area contributed by atoms with Gasteiger partial charge in [-0.1, -0.05) is 18.5 Å². The number of nitrogens with one attached hydrogen (secondary N) is 2. The average Bonchev–Trinajstić information content (AvgIpc) is 2.90. The van der Waals surface area contributed by atoms with Crippen LogP contribution >= 0.6 is 23.4 Å². The van der Waals surface area contributed by atoms with Crippen LogP contribution in [0.25, 0.3) is 0 Å². The Morgan fingerprint density at radius 3 is 3.05 bits per heavy atom. The molecule has 0 saturated heterocycles. The maximum atomic E-state index is 12.1. The van der Waals surface area contributed by atoms with E-state index in [9.17, 15) is 4.79 Å². The number of H-pyrrole nitrogens is 1. The molecule has 0 unspecified atom stereocenters. The summed E-state index contributed by atoms with van der Waals surface area (Å²) in [5, 5.41) is 9.83. The number of carbonyl (C=O) groups excluding carboxylic acids is 1. The van der Waals surface area contributed by atoms with E-state index >= 15 is 0 Å². The molecule has 0 aliphatic rings. The lowest BCUT2D eigenvalue weighted by atomic mass is 10.2. The minimum absolute atomic E-state index is 0.149. The van der Waals surface area contributed by atoms with Crippen molar-refractivity contribution < 1.29 is 4.79 Å². The molecule has 2 aromatic rings. The van der Waals surface area contributed by atoms with Crippen molar-refractivity contribution >= 4 is 29.3 Å². The fraction of sp³-hybridized carbons (Fsp3) is 0.250. The zero-order chi connectivity index (χ0) is 13.7. The number of hydrogen-bond donors (Lipinski definition) is 2. The lowest BCUT2D eigenvalue weighted by Crippen LogP contribution is -2.24. The second-order valence-electron chi connectivity index (χ2n) is 3.69. The topological polar surface area (TPSA) is 70.7 Å². The number of carbonyl (C=O) groups is 1. The largest absolute Gasteiger partial charge is 0.345 e. The SMILES string of the molecule is CCSc1cc(Cl)ccc1C(=O)NCc1ncn[nH]1. The second kappa shape index (κ2) is 6.58. The molecule has 1 aromatic carbocycles. The maximum absolute atomic E-state index is 12.1. The molecule has 2 N–H and O–H groups in total. The molecule has 0 saturated carbocycles. The second-order valence-corrected chi connectivity index (χ2v) is 5.43.